The van der Waals surface area contributed by atoms with Gasteiger partial charge >= 0.3 is 6.09 Å². The highest BCUT2D eigenvalue weighted by molar-refractivity contribution is 7.17. The van der Waals surface area contributed by atoms with Crippen LogP contribution in [0, 0.1) is 0 Å². The number of aromatic nitrogens is 1. The van der Waals surface area contributed by atoms with Crippen LogP contribution in [0.25, 0.3) is 0 Å². The van der Waals surface area contributed by atoms with Gasteiger partial charge in [-0.05, 0) is 26.0 Å². The molecule has 170 valence electrons. The molecule has 0 bridgehead atoms. The van der Waals surface area contributed by atoms with Crippen LogP contribution in [-0.2, 0) is 6.42 Å². The number of nitrogens with one attached hydrogen (secondary N) is 1. The van der Waals surface area contributed by atoms with Gasteiger partial charge in [0.15, 0.2) is 5.13 Å². The number of piperidine rings is 1. The number of benzene rings is 1. The number of carboxylic acid groups (broad SMARTS) is 1. The highest BCUT2D eigenvalue weighted by Crippen LogP contribution is 2.42. The molecule has 0 saturated carbocycles. The van der Waals surface area contributed by atoms with Crippen molar-refractivity contribution < 1.29 is 24.2 Å². The number of nitrogens with zero attached hydrogens (tertiary/aromatic N) is 3. The molecule has 4 heterocycles. The summed E-state index contributed by atoms with van der Waals surface area (Å²) in [5, 5.41) is 12.9. The summed E-state index contributed by atoms with van der Waals surface area (Å²) in [5.74, 6) is 1.36. The number of carbonyl (C=O) groups excluding carboxylic acids is 1. The van der Waals surface area contributed by atoms with Crippen LogP contribution in [0.5, 0.6) is 11.5 Å². The maximum absolute atomic E-state index is 12.5. The number of likely N-dealkylation sites (tertiary alicyclic amines) is 1. The van der Waals surface area contributed by atoms with Gasteiger partial charge in [0.2, 0.25) is 0 Å². The lowest BCUT2D eigenvalue weighted by Gasteiger charge is -2.32. The minimum atomic E-state index is -0.879. The van der Waals surface area contributed by atoms with Crippen LogP contribution < -0.4 is 19.7 Å². The third-order valence-corrected chi connectivity index (χ3v) is 7.11. The molecule has 5 rings (SSSR count). The fourth-order valence-electron chi connectivity index (χ4n) is 4.41. The second kappa shape index (κ2) is 7.84. The maximum atomic E-state index is 12.5. The molecule has 9 nitrogen and oxygen atoms in total. The smallest absolute Gasteiger partial charge is 0.407 e. The van der Waals surface area contributed by atoms with Crippen molar-refractivity contribution in [2.45, 2.75) is 44.8 Å². The van der Waals surface area contributed by atoms with Crippen molar-refractivity contribution in [2.75, 3.05) is 31.1 Å². The number of rotatable bonds is 3. The number of hydrogen-bond donors (Lipinski definition) is 2. The van der Waals surface area contributed by atoms with Gasteiger partial charge in [-0.15, -0.1) is 0 Å². The van der Waals surface area contributed by atoms with Gasteiger partial charge in [-0.2, -0.15) is 0 Å². The molecule has 0 aliphatic carbocycles. The van der Waals surface area contributed by atoms with Crippen molar-refractivity contribution in [1.82, 2.24) is 15.2 Å². The zero-order chi connectivity index (χ0) is 22.5. The van der Waals surface area contributed by atoms with Crippen molar-refractivity contribution in [2.24, 2.45) is 0 Å². The molecular weight excluding hydrogens is 432 g/mol. The maximum Gasteiger partial charge on any atom is 0.407 e. The second-order valence-corrected chi connectivity index (χ2v) is 9.98. The van der Waals surface area contributed by atoms with Crippen molar-refractivity contribution in [3.05, 3.63) is 28.8 Å². The Kier molecular flexibility index (Phi) is 5.11. The molecule has 1 aromatic heterocycles. The quantitative estimate of drug-likeness (QED) is 0.727. The van der Waals surface area contributed by atoms with Crippen molar-refractivity contribution >= 4 is 34.2 Å². The lowest BCUT2D eigenvalue weighted by molar-refractivity contribution is 0.0887. The molecule has 2 aromatic rings. The van der Waals surface area contributed by atoms with Crippen molar-refractivity contribution in [3.8, 4) is 11.5 Å². The molecule has 0 atom stereocenters. The monoisotopic (exact) mass is 458 g/mol. The topological polar surface area (TPSA) is 104 Å². The van der Waals surface area contributed by atoms with Gasteiger partial charge in [-0.1, -0.05) is 11.3 Å². The van der Waals surface area contributed by atoms with Gasteiger partial charge < -0.3 is 29.7 Å². The average Bonchev–Trinajstić information content (AvgIpc) is 3.16. The number of ether oxygens (including phenoxy) is 2. The van der Waals surface area contributed by atoms with E-state index in [1.54, 1.807) is 0 Å². The molecule has 0 spiro atoms. The van der Waals surface area contributed by atoms with E-state index >= 15 is 0 Å². The van der Waals surface area contributed by atoms with E-state index in [1.807, 2.05) is 32.0 Å². The molecule has 10 heteroatoms. The summed E-state index contributed by atoms with van der Waals surface area (Å²) in [6, 6.07) is 5.75. The normalized spacial score (nSPS) is 20.1. The zero-order valence-corrected chi connectivity index (χ0v) is 18.9. The lowest BCUT2D eigenvalue weighted by Crippen LogP contribution is -2.48. The van der Waals surface area contributed by atoms with Gasteiger partial charge in [0.25, 0.3) is 5.91 Å². The van der Waals surface area contributed by atoms with Crippen LogP contribution in [0.15, 0.2) is 18.2 Å². The van der Waals surface area contributed by atoms with E-state index in [0.29, 0.717) is 56.1 Å². The van der Waals surface area contributed by atoms with Crippen LogP contribution in [0.1, 0.15) is 42.1 Å². The number of hydrogen-bond acceptors (Lipinski definition) is 7. The van der Waals surface area contributed by atoms with Crippen molar-refractivity contribution in [3.63, 3.8) is 0 Å². The summed E-state index contributed by atoms with van der Waals surface area (Å²) < 4.78 is 12.0. The van der Waals surface area contributed by atoms with Crippen LogP contribution in [-0.4, -0.2) is 64.9 Å². The number of fused-ring (bicyclic) bond motifs is 2. The van der Waals surface area contributed by atoms with E-state index in [2.05, 4.69) is 10.2 Å². The summed E-state index contributed by atoms with van der Waals surface area (Å²) in [6.45, 7) is 6.13. The van der Waals surface area contributed by atoms with Gasteiger partial charge in [-0.25, -0.2) is 9.78 Å². The summed E-state index contributed by atoms with van der Waals surface area (Å²) in [4.78, 5) is 32.6. The Labute approximate surface area is 189 Å². The third kappa shape index (κ3) is 3.94. The highest BCUT2D eigenvalue weighted by atomic mass is 32.1. The molecular formula is C22H26N4O5S. The zero-order valence-electron chi connectivity index (χ0n) is 18.1. The third-order valence-electron chi connectivity index (χ3n) is 5.99. The molecule has 1 aromatic carbocycles. The Bertz CT molecular complexity index is 1060. The predicted molar refractivity (Wildman–Crippen MR) is 120 cm³/mol. The molecule has 32 heavy (non-hydrogen) atoms. The summed E-state index contributed by atoms with van der Waals surface area (Å²) in [6.07, 6.45) is 1.14. The first kappa shape index (κ1) is 20.9. The molecule has 3 aliphatic heterocycles. The fourth-order valence-corrected chi connectivity index (χ4v) is 5.43. The Morgan fingerprint density at radius 2 is 2.09 bits per heavy atom. The van der Waals surface area contributed by atoms with Crippen molar-refractivity contribution in [1.29, 1.82) is 0 Å². The molecule has 0 radical (unpaired) electrons. The fraction of sp³-hybridized carbons (Fsp3) is 0.500. The van der Waals surface area contributed by atoms with E-state index in [-0.39, 0.29) is 17.6 Å². The lowest BCUT2D eigenvalue weighted by atomic mass is 9.94. The standard InChI is InChI=1S/C22H26N4O5S/c1-22(2)12-15-18(19(27)24-22)32-20(23-15)26-9-10-30-17-11-14(3-4-16(17)26)31-13-5-7-25(8-6-13)21(28)29/h3-4,11,13H,5-10,12H2,1-2H3,(H,24,27)(H,28,29). The number of thiazole rings is 1. The van der Waals surface area contributed by atoms with Crippen LogP contribution in [0.2, 0.25) is 0 Å². The van der Waals surface area contributed by atoms with Gasteiger partial charge in [0.05, 0.1) is 17.9 Å². The predicted octanol–water partition coefficient (Wildman–Crippen LogP) is 3.26. The van der Waals surface area contributed by atoms with Gasteiger partial charge in [-0.3, -0.25) is 4.79 Å². The first-order valence-corrected chi connectivity index (χ1v) is 11.6. The summed E-state index contributed by atoms with van der Waals surface area (Å²) in [5.41, 5.74) is 1.44. The largest absolute Gasteiger partial charge is 0.490 e. The average molecular weight is 459 g/mol. The Morgan fingerprint density at radius 3 is 2.84 bits per heavy atom. The summed E-state index contributed by atoms with van der Waals surface area (Å²) >= 11 is 1.41. The molecule has 1 fully saturated rings. The van der Waals surface area contributed by atoms with Gasteiger partial charge in [0, 0.05) is 44.0 Å². The first-order chi connectivity index (χ1) is 15.3. The van der Waals surface area contributed by atoms with E-state index in [4.69, 9.17) is 19.6 Å². The van der Waals surface area contributed by atoms with E-state index in [0.717, 1.165) is 22.3 Å². The molecule has 1 saturated heterocycles. The van der Waals surface area contributed by atoms with E-state index in [1.165, 1.54) is 16.2 Å². The minimum Gasteiger partial charge on any atom is -0.490 e. The Balaban J connectivity index is 1.33. The minimum absolute atomic E-state index is 0.0177. The van der Waals surface area contributed by atoms with E-state index in [9.17, 15) is 9.59 Å². The van der Waals surface area contributed by atoms with Crippen LogP contribution in [0.4, 0.5) is 15.6 Å². The highest BCUT2D eigenvalue weighted by Gasteiger charge is 2.35. The number of amides is 2. The molecule has 2 amide bonds. The SMILES string of the molecule is CC1(C)Cc2nc(N3CCOc4cc(OC5CCN(C(=O)O)CC5)ccc43)sc2C(=O)N1. The number of anilines is 2. The Hall–Kier alpha value is -3.01. The summed E-state index contributed by atoms with van der Waals surface area (Å²) in [7, 11) is 0. The van der Waals surface area contributed by atoms with Crippen LogP contribution >= 0.6 is 11.3 Å². The van der Waals surface area contributed by atoms with Crippen LogP contribution in [0.3, 0.4) is 0 Å². The van der Waals surface area contributed by atoms with E-state index < -0.39 is 6.09 Å². The number of carbonyl (C=O) groups is 2. The van der Waals surface area contributed by atoms with Gasteiger partial charge in [0.1, 0.15) is 29.1 Å². The molecule has 2 N–H and O–H groups in total. The molecule has 0 unspecified atom stereocenters. The second-order valence-electron chi connectivity index (χ2n) is 9.00. The molecule has 3 aliphatic rings. The first-order valence-electron chi connectivity index (χ1n) is 10.8. The Morgan fingerprint density at radius 1 is 1.31 bits per heavy atom.